The van der Waals surface area contributed by atoms with Gasteiger partial charge in [-0.05, 0) is 42.9 Å². The smallest absolute Gasteiger partial charge is 0.335 e. The van der Waals surface area contributed by atoms with E-state index in [0.717, 1.165) is 18.5 Å². The summed E-state index contributed by atoms with van der Waals surface area (Å²) < 4.78 is 0. The standard InChI is InChI=1S/C16H25NO2/c1-12(9-10-16(2,3)4)17-11-13-5-7-14(8-6-13)15(18)19/h5-8,12,17H,9-11H2,1-4H3,(H,18,19). The summed E-state index contributed by atoms with van der Waals surface area (Å²) >= 11 is 0. The fourth-order valence-corrected chi connectivity index (χ4v) is 1.81. The molecular formula is C16H25NO2. The molecule has 3 nitrogen and oxygen atoms in total. The van der Waals surface area contributed by atoms with Crippen LogP contribution in [0, 0.1) is 5.41 Å². The summed E-state index contributed by atoms with van der Waals surface area (Å²) in [6.07, 6.45) is 2.34. The summed E-state index contributed by atoms with van der Waals surface area (Å²) in [7, 11) is 0. The van der Waals surface area contributed by atoms with Crippen molar-refractivity contribution in [3.63, 3.8) is 0 Å². The molecule has 19 heavy (non-hydrogen) atoms. The second kappa shape index (κ2) is 6.71. The van der Waals surface area contributed by atoms with Gasteiger partial charge in [-0.15, -0.1) is 0 Å². The molecule has 0 aliphatic carbocycles. The summed E-state index contributed by atoms with van der Waals surface area (Å²) in [6, 6.07) is 7.51. The largest absolute Gasteiger partial charge is 0.478 e. The molecule has 0 bridgehead atoms. The maximum Gasteiger partial charge on any atom is 0.335 e. The Bertz CT molecular complexity index is 404. The zero-order valence-corrected chi connectivity index (χ0v) is 12.4. The lowest BCUT2D eigenvalue weighted by Crippen LogP contribution is -2.26. The first-order chi connectivity index (χ1) is 8.78. The molecule has 0 saturated carbocycles. The molecule has 3 heteroatoms. The lowest BCUT2D eigenvalue weighted by atomic mass is 9.89. The Hall–Kier alpha value is -1.35. The van der Waals surface area contributed by atoms with E-state index in [-0.39, 0.29) is 0 Å². The van der Waals surface area contributed by atoms with Crippen LogP contribution < -0.4 is 5.32 Å². The molecule has 0 fully saturated rings. The minimum Gasteiger partial charge on any atom is -0.478 e. The molecule has 1 aromatic carbocycles. The van der Waals surface area contributed by atoms with Crippen molar-refractivity contribution in [1.82, 2.24) is 5.32 Å². The molecule has 0 heterocycles. The van der Waals surface area contributed by atoms with Crippen molar-refractivity contribution in [2.75, 3.05) is 0 Å². The van der Waals surface area contributed by atoms with Crippen molar-refractivity contribution in [1.29, 1.82) is 0 Å². The Balaban J connectivity index is 2.37. The molecule has 0 aromatic heterocycles. The first kappa shape index (κ1) is 15.7. The number of aromatic carboxylic acids is 1. The first-order valence-electron chi connectivity index (χ1n) is 6.83. The van der Waals surface area contributed by atoms with Crippen molar-refractivity contribution in [2.24, 2.45) is 5.41 Å². The Morgan fingerprint density at radius 2 is 1.84 bits per heavy atom. The Morgan fingerprint density at radius 3 is 2.32 bits per heavy atom. The molecule has 0 aliphatic heterocycles. The molecule has 0 saturated heterocycles. The van der Waals surface area contributed by atoms with Gasteiger partial charge in [0.1, 0.15) is 0 Å². The topological polar surface area (TPSA) is 49.3 Å². The van der Waals surface area contributed by atoms with Gasteiger partial charge >= 0.3 is 5.97 Å². The lowest BCUT2D eigenvalue weighted by Gasteiger charge is -2.21. The second-order valence-electron chi connectivity index (χ2n) is 6.38. The molecule has 0 amide bonds. The minimum atomic E-state index is -0.877. The maximum absolute atomic E-state index is 10.7. The van der Waals surface area contributed by atoms with Crippen molar-refractivity contribution in [3.8, 4) is 0 Å². The van der Waals surface area contributed by atoms with Crippen LogP contribution in [0.3, 0.4) is 0 Å². The third-order valence-electron chi connectivity index (χ3n) is 3.18. The van der Waals surface area contributed by atoms with Crippen molar-refractivity contribution in [3.05, 3.63) is 35.4 Å². The highest BCUT2D eigenvalue weighted by atomic mass is 16.4. The number of benzene rings is 1. The lowest BCUT2D eigenvalue weighted by molar-refractivity contribution is 0.0697. The Morgan fingerprint density at radius 1 is 1.26 bits per heavy atom. The highest BCUT2D eigenvalue weighted by Gasteiger charge is 2.12. The van der Waals surface area contributed by atoms with Gasteiger partial charge in [-0.1, -0.05) is 32.9 Å². The quantitative estimate of drug-likeness (QED) is 0.823. The van der Waals surface area contributed by atoms with Crippen LogP contribution in [0.15, 0.2) is 24.3 Å². The number of carboxylic acids is 1. The highest BCUT2D eigenvalue weighted by Crippen LogP contribution is 2.21. The normalized spacial score (nSPS) is 13.3. The predicted molar refractivity (Wildman–Crippen MR) is 78.4 cm³/mol. The first-order valence-corrected chi connectivity index (χ1v) is 6.83. The monoisotopic (exact) mass is 263 g/mol. The molecular weight excluding hydrogens is 238 g/mol. The van der Waals surface area contributed by atoms with E-state index in [9.17, 15) is 4.79 Å². The SMILES string of the molecule is CC(CCC(C)(C)C)NCc1ccc(C(=O)O)cc1. The molecule has 1 rings (SSSR count). The second-order valence-corrected chi connectivity index (χ2v) is 6.38. The van der Waals surface area contributed by atoms with E-state index in [0.29, 0.717) is 17.0 Å². The van der Waals surface area contributed by atoms with Gasteiger partial charge in [0, 0.05) is 12.6 Å². The third-order valence-corrected chi connectivity index (χ3v) is 3.18. The third kappa shape index (κ3) is 6.39. The van der Waals surface area contributed by atoms with Gasteiger partial charge in [-0.3, -0.25) is 0 Å². The van der Waals surface area contributed by atoms with E-state index >= 15 is 0 Å². The van der Waals surface area contributed by atoms with Gasteiger partial charge in [0.2, 0.25) is 0 Å². The zero-order chi connectivity index (χ0) is 14.5. The molecule has 2 N–H and O–H groups in total. The van der Waals surface area contributed by atoms with E-state index in [1.807, 2.05) is 12.1 Å². The Kier molecular flexibility index (Phi) is 5.55. The summed E-state index contributed by atoms with van der Waals surface area (Å²) in [5.41, 5.74) is 1.83. The van der Waals surface area contributed by atoms with Crippen LogP contribution in [0.25, 0.3) is 0 Å². The van der Waals surface area contributed by atoms with E-state index in [4.69, 9.17) is 5.11 Å². The van der Waals surface area contributed by atoms with E-state index in [1.165, 1.54) is 6.42 Å². The number of rotatable bonds is 6. The highest BCUT2D eigenvalue weighted by molar-refractivity contribution is 5.87. The van der Waals surface area contributed by atoms with Crippen molar-refractivity contribution in [2.45, 2.75) is 53.1 Å². The van der Waals surface area contributed by atoms with Crippen molar-refractivity contribution >= 4 is 5.97 Å². The van der Waals surface area contributed by atoms with Gasteiger partial charge in [0.25, 0.3) is 0 Å². The predicted octanol–water partition coefficient (Wildman–Crippen LogP) is 3.69. The number of hydrogen-bond acceptors (Lipinski definition) is 2. The fraction of sp³-hybridized carbons (Fsp3) is 0.562. The molecule has 106 valence electrons. The average Bonchev–Trinajstić information content (AvgIpc) is 2.33. The summed E-state index contributed by atoms with van der Waals surface area (Å²) in [6.45, 7) is 9.74. The average molecular weight is 263 g/mol. The van der Waals surface area contributed by atoms with Gasteiger partial charge in [-0.2, -0.15) is 0 Å². The van der Waals surface area contributed by atoms with E-state index in [2.05, 4.69) is 33.0 Å². The van der Waals surface area contributed by atoms with E-state index < -0.39 is 5.97 Å². The van der Waals surface area contributed by atoms with Gasteiger partial charge < -0.3 is 10.4 Å². The zero-order valence-electron chi connectivity index (χ0n) is 12.4. The van der Waals surface area contributed by atoms with E-state index in [1.54, 1.807) is 12.1 Å². The van der Waals surface area contributed by atoms with Gasteiger partial charge in [0.15, 0.2) is 0 Å². The number of carboxylic acid groups (broad SMARTS) is 1. The van der Waals surface area contributed by atoms with Gasteiger partial charge in [0.05, 0.1) is 5.56 Å². The molecule has 0 radical (unpaired) electrons. The summed E-state index contributed by atoms with van der Waals surface area (Å²) in [5.74, 6) is -0.877. The van der Waals surface area contributed by atoms with Crippen molar-refractivity contribution < 1.29 is 9.90 Å². The van der Waals surface area contributed by atoms with Crippen LogP contribution in [-0.4, -0.2) is 17.1 Å². The molecule has 1 aromatic rings. The number of carbonyl (C=O) groups is 1. The number of nitrogens with one attached hydrogen (secondary N) is 1. The molecule has 0 spiro atoms. The van der Waals surface area contributed by atoms with Crippen LogP contribution in [0.4, 0.5) is 0 Å². The van der Waals surface area contributed by atoms with Crippen LogP contribution in [0.1, 0.15) is 56.5 Å². The molecule has 1 unspecified atom stereocenters. The van der Waals surface area contributed by atoms with Gasteiger partial charge in [-0.25, -0.2) is 4.79 Å². The van der Waals surface area contributed by atoms with Crippen LogP contribution in [-0.2, 0) is 6.54 Å². The van der Waals surface area contributed by atoms with Crippen LogP contribution in [0.2, 0.25) is 0 Å². The van der Waals surface area contributed by atoms with Crippen LogP contribution in [0.5, 0.6) is 0 Å². The van der Waals surface area contributed by atoms with Crippen LogP contribution >= 0.6 is 0 Å². The maximum atomic E-state index is 10.7. The summed E-state index contributed by atoms with van der Waals surface area (Å²) in [5, 5.41) is 12.3. The summed E-state index contributed by atoms with van der Waals surface area (Å²) in [4.78, 5) is 10.7. The Labute approximate surface area is 116 Å². The fourth-order valence-electron chi connectivity index (χ4n) is 1.81. The molecule has 0 aliphatic rings. The molecule has 1 atom stereocenters. The minimum absolute atomic E-state index is 0.338. The number of hydrogen-bond donors (Lipinski definition) is 2.